The van der Waals surface area contributed by atoms with Crippen molar-refractivity contribution in [3.8, 4) is 22.8 Å². The number of hydrogen-bond acceptors (Lipinski definition) is 5. The Morgan fingerprint density at radius 1 is 0.865 bits per heavy atom. The van der Waals surface area contributed by atoms with Crippen LogP contribution >= 0.6 is 23.4 Å². The summed E-state index contributed by atoms with van der Waals surface area (Å²) in [7, 11) is 0. The first kappa shape index (κ1) is 24.6. The number of nitrogens with zero attached hydrogens (tertiary/aromatic N) is 3. The van der Waals surface area contributed by atoms with E-state index in [9.17, 15) is 4.79 Å². The van der Waals surface area contributed by atoms with Gasteiger partial charge in [0, 0.05) is 22.0 Å². The van der Waals surface area contributed by atoms with Gasteiger partial charge in [-0.25, -0.2) is 0 Å². The first-order chi connectivity index (χ1) is 18.2. The van der Waals surface area contributed by atoms with Crippen molar-refractivity contribution in [3.63, 3.8) is 0 Å². The average Bonchev–Trinajstić information content (AvgIpc) is 3.37. The first-order valence-electron chi connectivity index (χ1n) is 11.6. The molecule has 6 nitrogen and oxygen atoms in total. The second-order valence-corrected chi connectivity index (χ2v) is 9.50. The number of benzene rings is 4. The van der Waals surface area contributed by atoms with Gasteiger partial charge < -0.3 is 10.1 Å². The van der Waals surface area contributed by atoms with E-state index in [0.717, 1.165) is 22.6 Å². The van der Waals surface area contributed by atoms with E-state index in [0.29, 0.717) is 28.3 Å². The molecular weight excluding hydrogens is 504 g/mol. The van der Waals surface area contributed by atoms with Gasteiger partial charge in [0.05, 0.1) is 5.75 Å². The molecule has 0 bridgehead atoms. The summed E-state index contributed by atoms with van der Waals surface area (Å²) in [4.78, 5) is 12.7. The minimum absolute atomic E-state index is 0.144. The van der Waals surface area contributed by atoms with Crippen LogP contribution in [0.5, 0.6) is 5.75 Å². The van der Waals surface area contributed by atoms with Crippen LogP contribution in [0, 0.1) is 0 Å². The molecule has 184 valence electrons. The Labute approximate surface area is 224 Å². The summed E-state index contributed by atoms with van der Waals surface area (Å²) in [5, 5.41) is 12.9. The molecule has 0 atom stereocenters. The van der Waals surface area contributed by atoms with E-state index in [1.807, 2.05) is 114 Å². The van der Waals surface area contributed by atoms with Gasteiger partial charge in [-0.15, -0.1) is 10.2 Å². The largest absolute Gasteiger partial charge is 0.489 e. The van der Waals surface area contributed by atoms with Gasteiger partial charge in [-0.1, -0.05) is 84.0 Å². The Balaban J connectivity index is 1.24. The van der Waals surface area contributed by atoms with Gasteiger partial charge in [-0.3, -0.25) is 9.36 Å². The normalized spacial score (nSPS) is 10.7. The van der Waals surface area contributed by atoms with Gasteiger partial charge in [-0.05, 0) is 54.1 Å². The fourth-order valence-electron chi connectivity index (χ4n) is 3.69. The van der Waals surface area contributed by atoms with Gasteiger partial charge in [0.1, 0.15) is 12.4 Å². The van der Waals surface area contributed by atoms with E-state index in [-0.39, 0.29) is 11.7 Å². The highest BCUT2D eigenvalue weighted by Gasteiger charge is 2.17. The molecule has 37 heavy (non-hydrogen) atoms. The van der Waals surface area contributed by atoms with Gasteiger partial charge >= 0.3 is 0 Å². The molecule has 0 aliphatic carbocycles. The minimum atomic E-state index is -0.144. The van der Waals surface area contributed by atoms with Crippen molar-refractivity contribution in [2.75, 3.05) is 11.1 Å². The lowest BCUT2D eigenvalue weighted by Gasteiger charge is -2.11. The Bertz CT molecular complexity index is 1480. The number of rotatable bonds is 9. The van der Waals surface area contributed by atoms with E-state index in [2.05, 4.69) is 15.5 Å². The summed E-state index contributed by atoms with van der Waals surface area (Å²) in [6.07, 6.45) is 0. The Morgan fingerprint density at radius 2 is 1.59 bits per heavy atom. The number of carbonyl (C=O) groups is 1. The predicted octanol–water partition coefficient (Wildman–Crippen LogP) is 6.90. The zero-order chi connectivity index (χ0) is 25.5. The SMILES string of the molecule is O=C(CSc1nnc(-c2cccc(Cl)c2)n1-c1ccccc1)Nc1ccc(OCc2ccccc2)cc1. The van der Waals surface area contributed by atoms with Crippen LogP contribution in [0.15, 0.2) is 114 Å². The van der Waals surface area contributed by atoms with E-state index >= 15 is 0 Å². The molecule has 5 aromatic rings. The molecule has 0 unspecified atom stereocenters. The minimum Gasteiger partial charge on any atom is -0.489 e. The highest BCUT2D eigenvalue weighted by molar-refractivity contribution is 7.99. The zero-order valence-corrected chi connectivity index (χ0v) is 21.3. The fraction of sp³-hybridized carbons (Fsp3) is 0.0690. The summed E-state index contributed by atoms with van der Waals surface area (Å²) in [5.41, 5.74) is 3.53. The number of anilines is 1. The molecule has 0 fully saturated rings. The molecule has 0 aliphatic heterocycles. The number of amides is 1. The molecule has 0 spiro atoms. The first-order valence-corrected chi connectivity index (χ1v) is 13.0. The lowest BCUT2D eigenvalue weighted by molar-refractivity contribution is -0.113. The molecule has 5 rings (SSSR count). The van der Waals surface area contributed by atoms with Crippen molar-refractivity contribution in [2.45, 2.75) is 11.8 Å². The van der Waals surface area contributed by atoms with Gasteiger partial charge in [-0.2, -0.15) is 0 Å². The van der Waals surface area contributed by atoms with Gasteiger partial charge in [0.15, 0.2) is 11.0 Å². The van der Waals surface area contributed by atoms with Crippen molar-refractivity contribution in [1.82, 2.24) is 14.8 Å². The van der Waals surface area contributed by atoms with E-state index in [1.165, 1.54) is 11.8 Å². The number of hydrogen-bond donors (Lipinski definition) is 1. The van der Waals surface area contributed by atoms with Crippen LogP contribution in [0.3, 0.4) is 0 Å². The summed E-state index contributed by atoms with van der Waals surface area (Å²) < 4.78 is 7.75. The Hall–Kier alpha value is -4.07. The maximum atomic E-state index is 12.7. The molecule has 1 amide bonds. The van der Waals surface area contributed by atoms with Crippen molar-refractivity contribution in [3.05, 3.63) is 120 Å². The molecule has 0 saturated carbocycles. The average molecular weight is 527 g/mol. The maximum Gasteiger partial charge on any atom is 0.234 e. The quantitative estimate of drug-likeness (QED) is 0.212. The second-order valence-electron chi connectivity index (χ2n) is 8.12. The number of para-hydroxylation sites is 1. The Kier molecular flexibility index (Phi) is 7.84. The molecular formula is C29H23ClN4O2S. The van der Waals surface area contributed by atoms with Crippen LogP contribution in [-0.2, 0) is 11.4 Å². The van der Waals surface area contributed by atoms with Crippen LogP contribution in [0.2, 0.25) is 5.02 Å². The van der Waals surface area contributed by atoms with Crippen LogP contribution in [-0.4, -0.2) is 26.4 Å². The van der Waals surface area contributed by atoms with E-state index < -0.39 is 0 Å². The van der Waals surface area contributed by atoms with Crippen molar-refractivity contribution in [2.24, 2.45) is 0 Å². The van der Waals surface area contributed by atoms with Crippen LogP contribution in [0.1, 0.15) is 5.56 Å². The summed E-state index contributed by atoms with van der Waals surface area (Å²) in [5.74, 6) is 1.42. The third-order valence-corrected chi connectivity index (χ3v) is 6.61. The van der Waals surface area contributed by atoms with Crippen molar-refractivity contribution >= 4 is 35.0 Å². The number of aromatic nitrogens is 3. The van der Waals surface area contributed by atoms with Crippen LogP contribution in [0.4, 0.5) is 5.69 Å². The van der Waals surface area contributed by atoms with E-state index in [1.54, 1.807) is 0 Å². The van der Waals surface area contributed by atoms with Crippen molar-refractivity contribution in [1.29, 1.82) is 0 Å². The Morgan fingerprint density at radius 3 is 2.32 bits per heavy atom. The molecule has 1 N–H and O–H groups in total. The monoisotopic (exact) mass is 526 g/mol. The summed E-state index contributed by atoms with van der Waals surface area (Å²) in [6.45, 7) is 0.489. The topological polar surface area (TPSA) is 69.0 Å². The van der Waals surface area contributed by atoms with Crippen LogP contribution < -0.4 is 10.1 Å². The number of carbonyl (C=O) groups excluding carboxylic acids is 1. The smallest absolute Gasteiger partial charge is 0.234 e. The maximum absolute atomic E-state index is 12.7. The van der Waals surface area contributed by atoms with Crippen molar-refractivity contribution < 1.29 is 9.53 Å². The number of halogens is 1. The molecule has 4 aromatic carbocycles. The zero-order valence-electron chi connectivity index (χ0n) is 19.8. The summed E-state index contributed by atoms with van der Waals surface area (Å²) in [6, 6.07) is 34.6. The predicted molar refractivity (Wildman–Crippen MR) is 148 cm³/mol. The van der Waals surface area contributed by atoms with Gasteiger partial charge in [0.2, 0.25) is 5.91 Å². The summed E-state index contributed by atoms with van der Waals surface area (Å²) >= 11 is 7.53. The number of ether oxygens (including phenoxy) is 1. The van der Waals surface area contributed by atoms with Crippen LogP contribution in [0.25, 0.3) is 17.1 Å². The highest BCUT2D eigenvalue weighted by Crippen LogP contribution is 2.29. The fourth-order valence-corrected chi connectivity index (χ4v) is 4.63. The molecule has 1 heterocycles. The third kappa shape index (κ3) is 6.39. The van der Waals surface area contributed by atoms with Gasteiger partial charge in [0.25, 0.3) is 0 Å². The molecule has 0 aliphatic rings. The lowest BCUT2D eigenvalue weighted by atomic mass is 10.2. The lowest BCUT2D eigenvalue weighted by Crippen LogP contribution is -2.14. The van der Waals surface area contributed by atoms with E-state index in [4.69, 9.17) is 16.3 Å². The highest BCUT2D eigenvalue weighted by atomic mass is 35.5. The number of thioether (sulfide) groups is 1. The molecule has 0 saturated heterocycles. The number of nitrogens with one attached hydrogen (secondary N) is 1. The molecule has 0 radical (unpaired) electrons. The standard InChI is InChI=1S/C29H23ClN4O2S/c30-23-11-7-10-22(18-23)28-32-33-29(34(28)25-12-5-2-6-13-25)37-20-27(35)31-24-14-16-26(17-15-24)36-19-21-8-3-1-4-9-21/h1-18H,19-20H2,(H,31,35). The second kappa shape index (κ2) is 11.8. The molecule has 8 heteroatoms. The third-order valence-electron chi connectivity index (χ3n) is 5.45. The molecule has 1 aromatic heterocycles.